The van der Waals surface area contributed by atoms with E-state index in [2.05, 4.69) is 20.6 Å². The molecule has 0 aliphatic heterocycles. The zero-order valence-corrected chi connectivity index (χ0v) is 15.2. The standard InChI is InChI=1S/C18H18N6O4/c1-27-12-8-9-14(28-2)13(10-12)21-17-15(24(25)26)16(19)22-18(23-17)20-11-6-4-3-5-7-11/h3-10H,1-2H3,(H4,19,20,21,22,23). The summed E-state index contributed by atoms with van der Waals surface area (Å²) in [5.74, 6) is 0.740. The Morgan fingerprint density at radius 3 is 2.43 bits per heavy atom. The van der Waals surface area contributed by atoms with E-state index in [9.17, 15) is 10.1 Å². The first kappa shape index (κ1) is 18.7. The van der Waals surface area contributed by atoms with E-state index in [0.29, 0.717) is 22.9 Å². The fourth-order valence-corrected chi connectivity index (χ4v) is 2.49. The number of nitrogens with one attached hydrogen (secondary N) is 2. The number of rotatable bonds is 7. The Morgan fingerprint density at radius 1 is 1.04 bits per heavy atom. The van der Waals surface area contributed by atoms with Gasteiger partial charge in [-0.25, -0.2) is 0 Å². The number of methoxy groups -OCH3 is 2. The Hall–Kier alpha value is -4.08. The molecule has 3 rings (SSSR count). The van der Waals surface area contributed by atoms with Crippen molar-refractivity contribution in [3.8, 4) is 11.5 Å². The number of nitrogen functional groups attached to an aromatic ring is 1. The number of aromatic nitrogens is 2. The highest BCUT2D eigenvalue weighted by Crippen LogP contribution is 2.36. The van der Waals surface area contributed by atoms with Crippen molar-refractivity contribution in [2.75, 3.05) is 30.6 Å². The van der Waals surface area contributed by atoms with Crippen molar-refractivity contribution in [1.82, 2.24) is 9.97 Å². The van der Waals surface area contributed by atoms with Crippen molar-refractivity contribution < 1.29 is 14.4 Å². The minimum atomic E-state index is -0.642. The van der Waals surface area contributed by atoms with Crippen molar-refractivity contribution in [2.45, 2.75) is 0 Å². The minimum Gasteiger partial charge on any atom is -0.497 e. The summed E-state index contributed by atoms with van der Waals surface area (Å²) in [5, 5.41) is 17.4. The highest BCUT2D eigenvalue weighted by Gasteiger charge is 2.24. The van der Waals surface area contributed by atoms with Gasteiger partial charge < -0.3 is 25.8 Å². The number of nitrogens with two attached hydrogens (primary N) is 1. The molecular weight excluding hydrogens is 364 g/mol. The summed E-state index contributed by atoms with van der Waals surface area (Å²) in [6, 6.07) is 14.1. The average Bonchev–Trinajstić information content (AvgIpc) is 2.68. The fourth-order valence-electron chi connectivity index (χ4n) is 2.49. The Labute approximate surface area is 160 Å². The van der Waals surface area contributed by atoms with Crippen LogP contribution in [0.2, 0.25) is 0 Å². The molecule has 0 saturated carbocycles. The molecule has 1 heterocycles. The lowest BCUT2D eigenvalue weighted by molar-refractivity contribution is -0.383. The van der Waals surface area contributed by atoms with Crippen LogP contribution in [-0.2, 0) is 0 Å². The molecule has 10 heteroatoms. The molecule has 0 radical (unpaired) electrons. The molecule has 0 fully saturated rings. The second-order valence-electron chi connectivity index (χ2n) is 5.57. The van der Waals surface area contributed by atoms with E-state index in [-0.39, 0.29) is 17.6 Å². The number of para-hydroxylation sites is 1. The van der Waals surface area contributed by atoms with E-state index in [1.54, 1.807) is 30.3 Å². The number of ether oxygens (including phenoxy) is 2. The van der Waals surface area contributed by atoms with Gasteiger partial charge in [-0.05, 0) is 24.3 Å². The highest BCUT2D eigenvalue weighted by atomic mass is 16.6. The van der Waals surface area contributed by atoms with Gasteiger partial charge in [0.25, 0.3) is 0 Å². The van der Waals surface area contributed by atoms with Gasteiger partial charge in [-0.2, -0.15) is 9.97 Å². The predicted octanol–water partition coefficient (Wildman–Crippen LogP) is 3.47. The Balaban J connectivity index is 2.04. The van der Waals surface area contributed by atoms with Crippen molar-refractivity contribution in [3.63, 3.8) is 0 Å². The van der Waals surface area contributed by atoms with E-state index >= 15 is 0 Å². The van der Waals surface area contributed by atoms with Crippen LogP contribution in [0.3, 0.4) is 0 Å². The van der Waals surface area contributed by atoms with Gasteiger partial charge in [-0.15, -0.1) is 0 Å². The normalized spacial score (nSPS) is 10.2. The molecule has 0 bridgehead atoms. The summed E-state index contributed by atoms with van der Waals surface area (Å²) in [6.07, 6.45) is 0. The van der Waals surface area contributed by atoms with Crippen molar-refractivity contribution in [3.05, 3.63) is 58.6 Å². The van der Waals surface area contributed by atoms with Gasteiger partial charge in [0, 0.05) is 11.8 Å². The zero-order valence-electron chi connectivity index (χ0n) is 15.2. The lowest BCUT2D eigenvalue weighted by Gasteiger charge is -2.14. The molecule has 0 saturated heterocycles. The van der Waals surface area contributed by atoms with Gasteiger partial charge >= 0.3 is 5.69 Å². The van der Waals surface area contributed by atoms with E-state index < -0.39 is 10.6 Å². The smallest absolute Gasteiger partial charge is 0.353 e. The summed E-state index contributed by atoms with van der Waals surface area (Å²) in [5.41, 5.74) is 6.52. The van der Waals surface area contributed by atoms with Gasteiger partial charge in [0.15, 0.2) is 0 Å². The van der Waals surface area contributed by atoms with Crippen LogP contribution in [0.5, 0.6) is 11.5 Å². The molecule has 0 atom stereocenters. The molecular formula is C18H18N6O4. The third-order valence-electron chi connectivity index (χ3n) is 3.78. The molecule has 0 aliphatic carbocycles. The third kappa shape index (κ3) is 4.01. The molecule has 28 heavy (non-hydrogen) atoms. The van der Waals surface area contributed by atoms with Crippen LogP contribution in [0.25, 0.3) is 0 Å². The molecule has 0 spiro atoms. The lowest BCUT2D eigenvalue weighted by atomic mass is 10.2. The largest absolute Gasteiger partial charge is 0.497 e. The maximum Gasteiger partial charge on any atom is 0.353 e. The molecule has 144 valence electrons. The minimum absolute atomic E-state index is 0.0810. The van der Waals surface area contributed by atoms with Gasteiger partial charge in [0.1, 0.15) is 11.5 Å². The maximum absolute atomic E-state index is 11.5. The second kappa shape index (κ2) is 8.08. The van der Waals surface area contributed by atoms with E-state index in [4.69, 9.17) is 15.2 Å². The SMILES string of the molecule is COc1ccc(OC)c(Nc2nc(Nc3ccccc3)nc(N)c2[N+](=O)[O-])c1. The van der Waals surface area contributed by atoms with Gasteiger partial charge in [0.2, 0.25) is 17.6 Å². The molecule has 10 nitrogen and oxygen atoms in total. The van der Waals surface area contributed by atoms with E-state index in [0.717, 1.165) is 0 Å². The number of nitrogens with zero attached hydrogens (tertiary/aromatic N) is 3. The summed E-state index contributed by atoms with van der Waals surface area (Å²) < 4.78 is 10.5. The Bertz CT molecular complexity index is 997. The first-order chi connectivity index (χ1) is 13.5. The molecule has 0 unspecified atom stereocenters. The predicted molar refractivity (Wildman–Crippen MR) is 106 cm³/mol. The first-order valence-corrected chi connectivity index (χ1v) is 8.15. The second-order valence-corrected chi connectivity index (χ2v) is 5.57. The number of anilines is 5. The van der Waals surface area contributed by atoms with Gasteiger partial charge in [-0.1, -0.05) is 18.2 Å². The van der Waals surface area contributed by atoms with Crippen molar-refractivity contribution >= 4 is 34.6 Å². The summed E-state index contributed by atoms with van der Waals surface area (Å²) in [7, 11) is 3.00. The summed E-state index contributed by atoms with van der Waals surface area (Å²) in [6.45, 7) is 0. The number of nitro groups is 1. The van der Waals surface area contributed by atoms with Crippen molar-refractivity contribution in [1.29, 1.82) is 0 Å². The van der Waals surface area contributed by atoms with Crippen LogP contribution >= 0.6 is 0 Å². The summed E-state index contributed by atoms with van der Waals surface area (Å²) in [4.78, 5) is 19.1. The average molecular weight is 382 g/mol. The van der Waals surface area contributed by atoms with E-state index in [1.165, 1.54) is 14.2 Å². The van der Waals surface area contributed by atoms with Crippen LogP contribution in [0.4, 0.5) is 34.6 Å². The topological polar surface area (TPSA) is 137 Å². The van der Waals surface area contributed by atoms with Crippen LogP contribution in [0.15, 0.2) is 48.5 Å². The fraction of sp³-hybridized carbons (Fsp3) is 0.111. The maximum atomic E-state index is 11.5. The molecule has 3 aromatic rings. The Kier molecular flexibility index (Phi) is 5.40. The number of hydrogen-bond acceptors (Lipinski definition) is 9. The first-order valence-electron chi connectivity index (χ1n) is 8.15. The number of benzene rings is 2. The molecule has 1 aromatic heterocycles. The molecule has 0 amide bonds. The molecule has 0 aliphatic rings. The van der Waals surface area contributed by atoms with Crippen molar-refractivity contribution in [2.24, 2.45) is 0 Å². The van der Waals surface area contributed by atoms with Gasteiger partial charge in [-0.3, -0.25) is 10.1 Å². The third-order valence-corrected chi connectivity index (χ3v) is 3.78. The molecule has 4 N–H and O–H groups in total. The van der Waals surface area contributed by atoms with Crippen LogP contribution < -0.4 is 25.8 Å². The van der Waals surface area contributed by atoms with E-state index in [1.807, 2.05) is 18.2 Å². The monoisotopic (exact) mass is 382 g/mol. The summed E-state index contributed by atoms with van der Waals surface area (Å²) >= 11 is 0. The number of hydrogen-bond donors (Lipinski definition) is 3. The zero-order chi connectivity index (χ0) is 20.1. The van der Waals surface area contributed by atoms with Crippen LogP contribution in [-0.4, -0.2) is 29.1 Å². The highest BCUT2D eigenvalue weighted by molar-refractivity contribution is 5.77. The van der Waals surface area contributed by atoms with Crippen LogP contribution in [0, 0.1) is 10.1 Å². The quantitative estimate of drug-likeness (QED) is 0.414. The Morgan fingerprint density at radius 2 is 1.79 bits per heavy atom. The lowest BCUT2D eigenvalue weighted by Crippen LogP contribution is -2.09. The van der Waals surface area contributed by atoms with Gasteiger partial charge in [0.05, 0.1) is 24.8 Å². The molecule has 2 aromatic carbocycles. The van der Waals surface area contributed by atoms with Crippen LogP contribution in [0.1, 0.15) is 0 Å².